The number of piperazine rings is 2. The molecule has 14 heteroatoms. The van der Waals surface area contributed by atoms with Gasteiger partial charge in [-0.05, 0) is 93.9 Å². The van der Waals surface area contributed by atoms with Gasteiger partial charge in [-0.15, -0.1) is 0 Å². The number of hydrogen-bond acceptors (Lipinski definition) is 10. The Labute approximate surface area is 313 Å². The van der Waals surface area contributed by atoms with E-state index in [2.05, 4.69) is 58.1 Å². The molecule has 5 N–H and O–H groups in total. The lowest BCUT2D eigenvalue weighted by atomic mass is 10.1. The van der Waals surface area contributed by atoms with Gasteiger partial charge in [-0.2, -0.15) is 0 Å². The summed E-state index contributed by atoms with van der Waals surface area (Å²) in [5.41, 5.74) is 12.4. The number of carbonyl (C=O) groups is 1. The molecular formula is C40H50FN9O4. The number of para-hydroxylation sites is 2. The first-order chi connectivity index (χ1) is 26.4. The molecule has 0 spiro atoms. The number of aromatic nitrogens is 3. The van der Waals surface area contributed by atoms with Crippen LogP contribution in [0.5, 0.6) is 5.75 Å². The number of H-pyrrole nitrogens is 2. The summed E-state index contributed by atoms with van der Waals surface area (Å²) >= 11 is 0. The molecule has 2 aromatic heterocycles. The molecule has 286 valence electrons. The molecule has 0 atom stereocenters. The lowest BCUT2D eigenvalue weighted by Crippen LogP contribution is -2.46. The van der Waals surface area contributed by atoms with Crippen LogP contribution in [0.25, 0.3) is 28.2 Å². The number of carbonyl (C=O) groups excluding carboxylic acids is 1. The second-order valence-corrected chi connectivity index (χ2v) is 14.0. The van der Waals surface area contributed by atoms with Gasteiger partial charge in [0, 0.05) is 64.5 Å². The highest BCUT2D eigenvalue weighted by Gasteiger charge is 2.22. The zero-order valence-corrected chi connectivity index (χ0v) is 30.7. The molecule has 3 aliphatic rings. The molecule has 5 aromatic rings. The first-order valence-corrected chi connectivity index (χ1v) is 19.0. The molecule has 0 saturated carbocycles. The van der Waals surface area contributed by atoms with Crippen molar-refractivity contribution in [2.75, 3.05) is 94.9 Å². The van der Waals surface area contributed by atoms with Gasteiger partial charge in [0.1, 0.15) is 23.7 Å². The van der Waals surface area contributed by atoms with Crippen LogP contribution in [0.3, 0.4) is 0 Å². The number of amides is 1. The molecule has 0 aliphatic carbocycles. The van der Waals surface area contributed by atoms with E-state index in [1.54, 1.807) is 18.5 Å². The molecule has 5 heterocycles. The van der Waals surface area contributed by atoms with Crippen LogP contribution in [0.15, 0.2) is 75.7 Å². The number of rotatable bonds is 12. The van der Waals surface area contributed by atoms with E-state index in [4.69, 9.17) is 14.9 Å². The van der Waals surface area contributed by atoms with Crippen molar-refractivity contribution in [2.24, 2.45) is 5.73 Å². The Morgan fingerprint density at radius 1 is 0.852 bits per heavy atom. The minimum atomic E-state index is -0.431. The number of unbranched alkanes of at least 4 members (excludes halogenated alkanes) is 2. The van der Waals surface area contributed by atoms with Gasteiger partial charge in [-0.1, -0.05) is 12.1 Å². The summed E-state index contributed by atoms with van der Waals surface area (Å²) < 4.78 is 24.3. The Hall–Kier alpha value is -5.18. The summed E-state index contributed by atoms with van der Waals surface area (Å²) in [6, 6.07) is 16.4. The molecule has 0 radical (unpaired) electrons. The maximum atomic E-state index is 13.4. The van der Waals surface area contributed by atoms with E-state index in [-0.39, 0.29) is 18.3 Å². The van der Waals surface area contributed by atoms with Crippen molar-refractivity contribution in [1.29, 1.82) is 0 Å². The van der Waals surface area contributed by atoms with Crippen LogP contribution in [0, 0.1) is 5.82 Å². The zero-order chi connectivity index (χ0) is 37.3. The molecule has 2 fully saturated rings. The third-order valence-corrected chi connectivity index (χ3v) is 10.4. The van der Waals surface area contributed by atoms with E-state index < -0.39 is 5.76 Å². The molecule has 8 rings (SSSR count). The predicted octanol–water partition coefficient (Wildman–Crippen LogP) is 4.18. The molecule has 0 unspecified atom stereocenters. The maximum absolute atomic E-state index is 13.4. The lowest BCUT2D eigenvalue weighted by Gasteiger charge is -2.36. The number of ether oxygens (including phenoxy) is 1. The number of nitrogens with zero attached hydrogens (tertiary/aromatic N) is 5. The van der Waals surface area contributed by atoms with Gasteiger partial charge in [-0.3, -0.25) is 19.6 Å². The molecule has 54 heavy (non-hydrogen) atoms. The normalized spacial score (nSPS) is 16.4. The van der Waals surface area contributed by atoms with Crippen molar-refractivity contribution >= 4 is 45.5 Å². The summed E-state index contributed by atoms with van der Waals surface area (Å²) in [6.45, 7) is 11.7. The number of aromatic amines is 2. The van der Waals surface area contributed by atoms with E-state index in [9.17, 15) is 14.0 Å². The largest absolute Gasteiger partial charge is 0.488 e. The third kappa shape index (κ3) is 9.12. The van der Waals surface area contributed by atoms with Crippen molar-refractivity contribution in [3.8, 4) is 5.75 Å². The van der Waals surface area contributed by atoms with E-state index in [0.717, 1.165) is 107 Å². The van der Waals surface area contributed by atoms with Gasteiger partial charge >= 0.3 is 5.76 Å². The number of halogens is 1. The summed E-state index contributed by atoms with van der Waals surface area (Å²) in [4.78, 5) is 44.0. The number of hydrogen-bond donors (Lipinski definition) is 4. The first-order valence-electron chi connectivity index (χ1n) is 19.0. The summed E-state index contributed by atoms with van der Waals surface area (Å²) in [5.74, 6) is -0.366. The number of nitrogens with one attached hydrogen (secondary N) is 3. The fourth-order valence-corrected chi connectivity index (χ4v) is 7.37. The molecule has 0 bridgehead atoms. The van der Waals surface area contributed by atoms with Crippen molar-refractivity contribution in [1.82, 2.24) is 30.1 Å². The Kier molecular flexibility index (Phi) is 12.2. The van der Waals surface area contributed by atoms with Gasteiger partial charge in [0.15, 0.2) is 5.58 Å². The summed E-state index contributed by atoms with van der Waals surface area (Å²) in [5, 5.41) is 2.94. The molecule has 13 nitrogen and oxygen atoms in total. The summed E-state index contributed by atoms with van der Waals surface area (Å²) in [6.07, 6.45) is 7.66. The van der Waals surface area contributed by atoms with Crippen LogP contribution in [0.4, 0.5) is 15.8 Å². The smallest absolute Gasteiger partial charge is 0.417 e. The molecular weight excluding hydrogens is 689 g/mol. The van der Waals surface area contributed by atoms with E-state index in [1.807, 2.05) is 18.2 Å². The van der Waals surface area contributed by atoms with Crippen molar-refractivity contribution in [3.63, 3.8) is 0 Å². The van der Waals surface area contributed by atoms with Crippen molar-refractivity contribution in [3.05, 3.63) is 88.4 Å². The highest BCUT2D eigenvalue weighted by molar-refractivity contribution is 5.99. The average Bonchev–Trinajstić information content (AvgIpc) is 3.84. The van der Waals surface area contributed by atoms with Gasteiger partial charge in [0.25, 0.3) is 5.91 Å². The number of imidazole rings is 1. The van der Waals surface area contributed by atoms with Gasteiger partial charge in [0.05, 0.1) is 34.3 Å². The molecule has 2 saturated heterocycles. The van der Waals surface area contributed by atoms with Crippen molar-refractivity contribution in [2.45, 2.75) is 25.7 Å². The second kappa shape index (κ2) is 17.8. The minimum absolute atomic E-state index is 0.172. The fraction of sp³-hybridized carbons (Fsp3) is 0.425. The highest BCUT2D eigenvalue weighted by atomic mass is 19.1. The fourth-order valence-electron chi connectivity index (χ4n) is 7.37. The zero-order valence-electron chi connectivity index (χ0n) is 30.7. The van der Waals surface area contributed by atoms with Crippen LogP contribution >= 0.6 is 0 Å². The monoisotopic (exact) mass is 739 g/mol. The van der Waals surface area contributed by atoms with E-state index in [0.29, 0.717) is 29.0 Å². The standard InChI is InChI=1S/C25H27FN4O4.C15H23N5/c26-19-6-7-22-17(15-19)14-18(16-33-22)24(31)27-8-1-2-9-29-10-12-30(13-11-29)21-5-3-4-20-23(21)34-25(32)28-20;16-6-1-2-7-19-8-10-20(11-9-19)14-5-3-4-13-15(14)18-12-17-13/h3-7,14-15H,1-2,8-13,16H2,(H,27,31)(H,28,32);3-5,12H,1-2,6-11,16H2,(H,17,18). The van der Waals surface area contributed by atoms with Crippen LogP contribution in [-0.2, 0) is 4.79 Å². The quantitative estimate of drug-likeness (QED) is 0.137. The maximum Gasteiger partial charge on any atom is 0.417 e. The average molecular weight is 740 g/mol. The first kappa shape index (κ1) is 37.1. The van der Waals surface area contributed by atoms with E-state index in [1.165, 1.54) is 30.8 Å². The summed E-state index contributed by atoms with van der Waals surface area (Å²) in [7, 11) is 0. The number of anilines is 2. The number of benzene rings is 3. The van der Waals surface area contributed by atoms with Crippen LogP contribution in [0.2, 0.25) is 0 Å². The number of nitrogens with two attached hydrogens (primary N) is 1. The second-order valence-electron chi connectivity index (χ2n) is 14.0. The SMILES string of the molecule is NCCCCN1CCN(c2cccc3[nH]cnc23)CC1.O=C(NCCCCN1CCN(c2cccc3[nH]c(=O)oc23)CC1)C1=Cc2cc(F)ccc2OC1. The highest BCUT2D eigenvalue weighted by Crippen LogP contribution is 2.28. The van der Waals surface area contributed by atoms with Gasteiger partial charge in [0.2, 0.25) is 0 Å². The molecule has 3 aliphatic heterocycles. The molecule has 3 aromatic carbocycles. The van der Waals surface area contributed by atoms with Crippen molar-refractivity contribution < 1.29 is 18.3 Å². The lowest BCUT2D eigenvalue weighted by molar-refractivity contribution is -0.117. The Balaban J connectivity index is 0.000000191. The van der Waals surface area contributed by atoms with Crippen LogP contribution in [-0.4, -0.2) is 116 Å². The van der Waals surface area contributed by atoms with Crippen LogP contribution < -0.4 is 31.3 Å². The minimum Gasteiger partial charge on any atom is -0.488 e. The van der Waals surface area contributed by atoms with E-state index >= 15 is 0 Å². The van der Waals surface area contributed by atoms with Crippen LogP contribution in [0.1, 0.15) is 31.2 Å². The van der Waals surface area contributed by atoms with Gasteiger partial charge < -0.3 is 35.0 Å². The predicted molar refractivity (Wildman–Crippen MR) is 211 cm³/mol. The third-order valence-electron chi connectivity index (χ3n) is 10.4. The Morgan fingerprint density at radius 2 is 1.54 bits per heavy atom. The number of fused-ring (bicyclic) bond motifs is 3. The Bertz CT molecular complexity index is 2090. The topological polar surface area (TPSA) is 152 Å². The number of oxazole rings is 1. The van der Waals surface area contributed by atoms with Gasteiger partial charge in [-0.25, -0.2) is 14.2 Å². The molecule has 1 amide bonds. The Morgan fingerprint density at radius 3 is 2.28 bits per heavy atom.